The molecule has 32 heavy (non-hydrogen) atoms. The number of rotatable bonds is 6. The van der Waals surface area contributed by atoms with Crippen molar-refractivity contribution in [2.75, 3.05) is 45.3 Å². The lowest BCUT2D eigenvalue weighted by Crippen LogP contribution is -2.49. The van der Waals surface area contributed by atoms with E-state index in [1.807, 2.05) is 46.0 Å². The smallest absolute Gasteiger partial charge is 0.227 e. The van der Waals surface area contributed by atoms with Gasteiger partial charge in [-0.05, 0) is 43.7 Å². The molecule has 4 rings (SSSR count). The third-order valence-corrected chi connectivity index (χ3v) is 6.01. The van der Waals surface area contributed by atoms with Gasteiger partial charge in [-0.15, -0.1) is 0 Å². The maximum Gasteiger partial charge on any atom is 0.227 e. The molecule has 168 valence electrons. The number of carbonyl (C=O) groups excluding carboxylic acids is 1. The Balaban J connectivity index is 1.41. The van der Waals surface area contributed by atoms with Crippen LogP contribution in [0.2, 0.25) is 0 Å². The van der Waals surface area contributed by atoms with Crippen molar-refractivity contribution >= 4 is 11.6 Å². The summed E-state index contributed by atoms with van der Waals surface area (Å²) >= 11 is 0. The van der Waals surface area contributed by atoms with Gasteiger partial charge in [-0.3, -0.25) is 4.79 Å². The lowest BCUT2D eigenvalue weighted by atomic mass is 10.1. The van der Waals surface area contributed by atoms with Gasteiger partial charge in [0.15, 0.2) is 11.5 Å². The van der Waals surface area contributed by atoms with Crippen LogP contribution in [0.3, 0.4) is 0 Å². The zero-order chi connectivity index (χ0) is 22.7. The standard InChI is InChI=1S/C25H30N4O3/c1-18-25(19(2)29(26-18)21-8-6-5-7-9-21)28-14-12-27(13-15-28)24(30)17-20-10-11-22(31-3)23(16-20)32-4/h5-11,16H,12-15,17H2,1-4H3. The number of aromatic nitrogens is 2. The molecule has 7 nitrogen and oxygen atoms in total. The number of benzene rings is 2. The van der Waals surface area contributed by atoms with Crippen molar-refractivity contribution < 1.29 is 14.3 Å². The van der Waals surface area contributed by atoms with Gasteiger partial charge in [0.2, 0.25) is 5.91 Å². The van der Waals surface area contributed by atoms with Crippen molar-refractivity contribution in [2.45, 2.75) is 20.3 Å². The van der Waals surface area contributed by atoms with Gasteiger partial charge in [-0.2, -0.15) is 5.10 Å². The summed E-state index contributed by atoms with van der Waals surface area (Å²) in [6, 6.07) is 15.8. The molecule has 1 aliphatic heterocycles. The molecule has 7 heteroatoms. The van der Waals surface area contributed by atoms with E-state index in [1.165, 1.54) is 5.69 Å². The second-order valence-corrected chi connectivity index (χ2v) is 8.00. The molecule has 0 saturated carbocycles. The number of piperazine rings is 1. The van der Waals surface area contributed by atoms with E-state index in [0.29, 0.717) is 31.0 Å². The van der Waals surface area contributed by atoms with E-state index in [0.717, 1.165) is 35.7 Å². The average molecular weight is 435 g/mol. The van der Waals surface area contributed by atoms with Gasteiger partial charge in [0.25, 0.3) is 0 Å². The summed E-state index contributed by atoms with van der Waals surface area (Å²) in [4.78, 5) is 17.2. The second kappa shape index (κ2) is 9.34. The molecule has 1 saturated heterocycles. The van der Waals surface area contributed by atoms with E-state index in [1.54, 1.807) is 14.2 Å². The molecule has 0 aliphatic carbocycles. The average Bonchev–Trinajstić information content (AvgIpc) is 3.13. The van der Waals surface area contributed by atoms with E-state index < -0.39 is 0 Å². The highest BCUT2D eigenvalue weighted by Gasteiger charge is 2.25. The minimum atomic E-state index is 0.130. The summed E-state index contributed by atoms with van der Waals surface area (Å²) in [6.07, 6.45) is 0.352. The lowest BCUT2D eigenvalue weighted by molar-refractivity contribution is -0.130. The van der Waals surface area contributed by atoms with Crippen LogP contribution in [0.15, 0.2) is 48.5 Å². The Morgan fingerprint density at radius 1 is 0.938 bits per heavy atom. The number of methoxy groups -OCH3 is 2. The van der Waals surface area contributed by atoms with Gasteiger partial charge in [0.1, 0.15) is 0 Å². The summed E-state index contributed by atoms with van der Waals surface area (Å²) < 4.78 is 12.6. The first-order chi connectivity index (χ1) is 15.5. The van der Waals surface area contributed by atoms with Gasteiger partial charge >= 0.3 is 0 Å². The van der Waals surface area contributed by atoms with E-state index in [-0.39, 0.29) is 5.91 Å². The number of hydrogen-bond donors (Lipinski definition) is 0. The summed E-state index contributed by atoms with van der Waals surface area (Å²) in [7, 11) is 3.21. The molecule has 0 atom stereocenters. The minimum Gasteiger partial charge on any atom is -0.493 e. The zero-order valence-corrected chi connectivity index (χ0v) is 19.2. The number of nitrogens with zero attached hydrogens (tertiary/aromatic N) is 4. The largest absolute Gasteiger partial charge is 0.493 e. The zero-order valence-electron chi connectivity index (χ0n) is 19.2. The molecule has 1 aromatic heterocycles. The van der Waals surface area contributed by atoms with Crippen molar-refractivity contribution in [2.24, 2.45) is 0 Å². The van der Waals surface area contributed by atoms with Crippen molar-refractivity contribution in [3.05, 3.63) is 65.5 Å². The normalized spacial score (nSPS) is 13.9. The third-order valence-electron chi connectivity index (χ3n) is 6.01. The molecule has 2 aromatic carbocycles. The van der Waals surface area contributed by atoms with Crippen molar-refractivity contribution in [3.8, 4) is 17.2 Å². The van der Waals surface area contributed by atoms with Crippen LogP contribution in [0.25, 0.3) is 5.69 Å². The van der Waals surface area contributed by atoms with Crippen LogP contribution < -0.4 is 14.4 Å². The molecule has 0 unspecified atom stereocenters. The molecular formula is C25H30N4O3. The Bertz CT molecular complexity index is 1090. The summed E-state index contributed by atoms with van der Waals surface area (Å²) in [6.45, 7) is 7.13. The Morgan fingerprint density at radius 3 is 2.28 bits per heavy atom. The first-order valence-corrected chi connectivity index (χ1v) is 10.9. The Hall–Kier alpha value is -3.48. The fourth-order valence-corrected chi connectivity index (χ4v) is 4.37. The first kappa shape index (κ1) is 21.7. The quantitative estimate of drug-likeness (QED) is 0.595. The highest BCUT2D eigenvalue weighted by Crippen LogP contribution is 2.29. The van der Waals surface area contributed by atoms with Gasteiger partial charge < -0.3 is 19.3 Å². The minimum absolute atomic E-state index is 0.130. The SMILES string of the molecule is COc1ccc(CC(=O)N2CCN(c3c(C)nn(-c4ccccc4)c3C)CC2)cc1OC. The predicted molar refractivity (Wildman–Crippen MR) is 125 cm³/mol. The van der Waals surface area contributed by atoms with E-state index in [2.05, 4.69) is 30.9 Å². The molecule has 0 N–H and O–H groups in total. The molecule has 2 heterocycles. The molecule has 0 bridgehead atoms. The highest BCUT2D eigenvalue weighted by molar-refractivity contribution is 5.79. The summed E-state index contributed by atoms with van der Waals surface area (Å²) in [5.41, 5.74) is 5.28. The maximum absolute atomic E-state index is 12.9. The van der Waals surface area contributed by atoms with Crippen molar-refractivity contribution in [1.82, 2.24) is 14.7 Å². The first-order valence-electron chi connectivity index (χ1n) is 10.9. The van der Waals surface area contributed by atoms with Crippen LogP contribution in [0.4, 0.5) is 5.69 Å². The predicted octanol–water partition coefficient (Wildman–Crippen LogP) is 3.40. The highest BCUT2D eigenvalue weighted by atomic mass is 16.5. The number of hydrogen-bond acceptors (Lipinski definition) is 5. The molecule has 0 spiro atoms. The van der Waals surface area contributed by atoms with E-state index in [9.17, 15) is 4.79 Å². The Kier molecular flexibility index (Phi) is 6.35. The van der Waals surface area contributed by atoms with E-state index >= 15 is 0 Å². The lowest BCUT2D eigenvalue weighted by Gasteiger charge is -2.36. The fourth-order valence-electron chi connectivity index (χ4n) is 4.37. The van der Waals surface area contributed by atoms with Gasteiger partial charge in [-0.25, -0.2) is 4.68 Å². The van der Waals surface area contributed by atoms with Crippen LogP contribution in [0, 0.1) is 13.8 Å². The van der Waals surface area contributed by atoms with Gasteiger partial charge in [0.05, 0.1) is 43.4 Å². The van der Waals surface area contributed by atoms with Crippen LogP contribution in [-0.4, -0.2) is 61.0 Å². The van der Waals surface area contributed by atoms with E-state index in [4.69, 9.17) is 14.6 Å². The van der Waals surface area contributed by atoms with Crippen molar-refractivity contribution in [3.63, 3.8) is 0 Å². The topological polar surface area (TPSA) is 59.8 Å². The van der Waals surface area contributed by atoms with Crippen molar-refractivity contribution in [1.29, 1.82) is 0 Å². The maximum atomic E-state index is 12.9. The van der Waals surface area contributed by atoms with Gasteiger partial charge in [-0.1, -0.05) is 24.3 Å². The molecule has 0 radical (unpaired) electrons. The summed E-state index contributed by atoms with van der Waals surface area (Å²) in [5.74, 6) is 1.44. The Morgan fingerprint density at radius 2 is 1.62 bits per heavy atom. The number of carbonyl (C=O) groups is 1. The molecule has 3 aromatic rings. The monoisotopic (exact) mass is 434 g/mol. The number of anilines is 1. The fraction of sp³-hybridized carbons (Fsp3) is 0.360. The molecule has 1 fully saturated rings. The van der Waals surface area contributed by atoms with Crippen LogP contribution in [0.1, 0.15) is 17.0 Å². The number of amides is 1. The molecule has 1 amide bonds. The Labute approximate surface area is 189 Å². The summed E-state index contributed by atoms with van der Waals surface area (Å²) in [5, 5.41) is 4.77. The van der Waals surface area contributed by atoms with Crippen LogP contribution >= 0.6 is 0 Å². The molecular weight excluding hydrogens is 404 g/mol. The molecule has 1 aliphatic rings. The van der Waals surface area contributed by atoms with Gasteiger partial charge in [0, 0.05) is 26.2 Å². The number of ether oxygens (including phenoxy) is 2. The third kappa shape index (κ3) is 4.28. The second-order valence-electron chi connectivity index (χ2n) is 8.00. The van der Waals surface area contributed by atoms with Crippen LogP contribution in [0.5, 0.6) is 11.5 Å². The number of aryl methyl sites for hydroxylation is 1. The number of para-hydroxylation sites is 1. The van der Waals surface area contributed by atoms with Crippen LogP contribution in [-0.2, 0) is 11.2 Å².